The number of rotatable bonds is 3. The van der Waals surface area contributed by atoms with Crippen LogP contribution in [-0.4, -0.2) is 27.2 Å². The third-order valence-electron chi connectivity index (χ3n) is 6.29. The summed E-state index contributed by atoms with van der Waals surface area (Å²) in [5, 5.41) is 1.04. The normalized spacial score (nSPS) is 20.3. The number of hydrogen-bond acceptors (Lipinski definition) is 8. The summed E-state index contributed by atoms with van der Waals surface area (Å²) in [6, 6.07) is 5.19. The van der Waals surface area contributed by atoms with E-state index in [9.17, 15) is 19.0 Å². The summed E-state index contributed by atoms with van der Waals surface area (Å²) in [5.74, 6) is 0.116. The van der Waals surface area contributed by atoms with Crippen molar-refractivity contribution in [1.82, 2.24) is 9.55 Å². The minimum atomic E-state index is -3.14. The molecule has 0 radical (unpaired) electrons. The van der Waals surface area contributed by atoms with Crippen LogP contribution in [0.15, 0.2) is 23.0 Å². The van der Waals surface area contributed by atoms with Crippen LogP contribution in [0, 0.1) is 0 Å². The number of esters is 1. The molecule has 3 aliphatic heterocycles. The minimum Gasteiger partial charge on any atom is -0.458 e. The number of benzene rings is 1. The molecule has 10 nitrogen and oxygen atoms in total. The highest BCUT2D eigenvalue weighted by molar-refractivity contribution is 7.32. The molecular formula is C21H15ClN2O8P+. The molecule has 0 saturated heterocycles. The monoisotopic (exact) mass is 489 g/mol. The summed E-state index contributed by atoms with van der Waals surface area (Å²) in [6.07, 6.45) is 0.000446. The van der Waals surface area contributed by atoms with E-state index in [-0.39, 0.29) is 43.1 Å². The quantitative estimate of drug-likeness (QED) is 0.341. The van der Waals surface area contributed by atoms with E-state index in [1.54, 1.807) is 19.1 Å². The topological polar surface area (TPSA) is 126 Å². The van der Waals surface area contributed by atoms with Crippen LogP contribution < -0.4 is 15.0 Å². The Labute approximate surface area is 191 Å². The fraction of sp³-hybridized carbons (Fsp3) is 0.286. The van der Waals surface area contributed by atoms with Crippen LogP contribution in [0.25, 0.3) is 22.3 Å². The number of ether oxygens (including phenoxy) is 3. The van der Waals surface area contributed by atoms with Gasteiger partial charge in [0.05, 0.1) is 34.0 Å². The Bertz CT molecular complexity index is 1490. The summed E-state index contributed by atoms with van der Waals surface area (Å²) >= 11 is 6.52. The molecule has 168 valence electrons. The maximum absolute atomic E-state index is 13.4. The van der Waals surface area contributed by atoms with Crippen LogP contribution in [-0.2, 0) is 37.4 Å². The van der Waals surface area contributed by atoms with E-state index in [1.807, 2.05) is 6.07 Å². The highest BCUT2D eigenvalue weighted by Crippen LogP contribution is 2.47. The fourth-order valence-electron chi connectivity index (χ4n) is 4.71. The van der Waals surface area contributed by atoms with Gasteiger partial charge in [0.15, 0.2) is 11.5 Å². The number of aromatic nitrogens is 2. The van der Waals surface area contributed by atoms with E-state index < -0.39 is 19.8 Å². The average molecular weight is 490 g/mol. The third kappa shape index (κ3) is 2.72. The lowest BCUT2D eigenvalue weighted by Gasteiger charge is -2.31. The molecule has 33 heavy (non-hydrogen) atoms. The second kappa shape index (κ2) is 6.98. The molecule has 0 fully saturated rings. The van der Waals surface area contributed by atoms with Gasteiger partial charge in [-0.05, 0) is 18.6 Å². The molecule has 6 rings (SSSR count). The molecule has 2 aromatic heterocycles. The van der Waals surface area contributed by atoms with Crippen molar-refractivity contribution < 1.29 is 33.0 Å². The average Bonchev–Trinajstić information content (AvgIpc) is 3.40. The molecule has 5 heterocycles. The van der Waals surface area contributed by atoms with Gasteiger partial charge in [-0.3, -0.25) is 4.79 Å². The van der Waals surface area contributed by atoms with Gasteiger partial charge in [-0.2, -0.15) is 0 Å². The van der Waals surface area contributed by atoms with Crippen LogP contribution in [0.1, 0.15) is 30.0 Å². The fourth-order valence-corrected chi connectivity index (χ4v) is 5.57. The van der Waals surface area contributed by atoms with Gasteiger partial charge in [-0.15, -0.1) is 4.89 Å². The van der Waals surface area contributed by atoms with Crippen molar-refractivity contribution in [1.29, 1.82) is 0 Å². The predicted octanol–water partition coefficient (Wildman–Crippen LogP) is 3.14. The van der Waals surface area contributed by atoms with E-state index >= 15 is 0 Å². The van der Waals surface area contributed by atoms with Crippen LogP contribution in [0.5, 0.6) is 11.5 Å². The Balaban J connectivity index is 1.60. The Morgan fingerprint density at radius 3 is 2.85 bits per heavy atom. The lowest BCUT2D eigenvalue weighted by atomic mass is 9.86. The number of pyridine rings is 2. The van der Waals surface area contributed by atoms with Crippen molar-refractivity contribution in [3.05, 3.63) is 50.3 Å². The maximum Gasteiger partial charge on any atom is 0.696 e. The van der Waals surface area contributed by atoms with Gasteiger partial charge in [0.2, 0.25) is 12.4 Å². The summed E-state index contributed by atoms with van der Waals surface area (Å²) < 4.78 is 34.3. The molecule has 3 aliphatic rings. The SMILES string of the molecule is CC[C@@]1(O[P+](=O)O)C(=O)OCc2c1cc1n(c2=O)Cc2cc3c(Cl)c4c(cc3nc2-1)OCO4. The molecule has 1 aromatic carbocycles. The lowest BCUT2D eigenvalue weighted by molar-refractivity contribution is -0.169. The predicted molar refractivity (Wildman–Crippen MR) is 114 cm³/mol. The van der Waals surface area contributed by atoms with E-state index in [0.717, 1.165) is 5.56 Å². The van der Waals surface area contributed by atoms with Crippen LogP contribution >= 0.6 is 19.9 Å². The molecule has 12 heteroatoms. The summed E-state index contributed by atoms with van der Waals surface area (Å²) in [7, 11) is -3.14. The van der Waals surface area contributed by atoms with Crippen LogP contribution in [0.2, 0.25) is 5.02 Å². The first-order valence-electron chi connectivity index (χ1n) is 10.1. The Morgan fingerprint density at radius 1 is 1.27 bits per heavy atom. The second-order valence-corrected chi connectivity index (χ2v) is 8.92. The Kier molecular flexibility index (Phi) is 4.35. The lowest BCUT2D eigenvalue weighted by Crippen LogP contribution is -2.45. The van der Waals surface area contributed by atoms with E-state index in [0.29, 0.717) is 38.8 Å². The smallest absolute Gasteiger partial charge is 0.458 e. The van der Waals surface area contributed by atoms with Gasteiger partial charge in [0.25, 0.3) is 5.56 Å². The standard InChI is InChI=1S/C21H14ClN2O8P/c1-2-21(32-33(27)28)12-4-14-17-9(6-24(14)19(25)11(12)7-29-20(21)26)3-10-13(23-17)5-15-18(16(10)22)31-8-30-15/h3-5H,2,6-8H2,1H3/p+1/t21-/m0/s1. The van der Waals surface area contributed by atoms with Crippen molar-refractivity contribution in [3.63, 3.8) is 0 Å². The van der Waals surface area contributed by atoms with Gasteiger partial charge >= 0.3 is 14.2 Å². The molecule has 0 aliphatic carbocycles. The largest absolute Gasteiger partial charge is 0.696 e. The van der Waals surface area contributed by atoms with Crippen molar-refractivity contribution in [3.8, 4) is 22.9 Å². The number of hydrogen-bond donors (Lipinski definition) is 1. The number of nitrogens with zero attached hydrogens (tertiary/aromatic N) is 2. The van der Waals surface area contributed by atoms with Crippen LogP contribution in [0.4, 0.5) is 0 Å². The zero-order valence-corrected chi connectivity index (χ0v) is 18.7. The number of halogens is 1. The van der Waals surface area contributed by atoms with Gasteiger partial charge in [-0.25, -0.2) is 9.78 Å². The third-order valence-corrected chi connectivity index (χ3v) is 7.13. The van der Waals surface area contributed by atoms with Crippen molar-refractivity contribution >= 4 is 36.7 Å². The number of cyclic esters (lactones) is 1. The summed E-state index contributed by atoms with van der Waals surface area (Å²) in [5.41, 5.74) is 0.486. The minimum absolute atomic E-state index is 0.000446. The highest BCUT2D eigenvalue weighted by atomic mass is 35.5. The zero-order valence-electron chi connectivity index (χ0n) is 17.1. The van der Waals surface area contributed by atoms with Gasteiger partial charge in [-0.1, -0.05) is 23.0 Å². The molecule has 0 bridgehead atoms. The van der Waals surface area contributed by atoms with Crippen molar-refractivity contribution in [2.75, 3.05) is 6.79 Å². The molecule has 1 N–H and O–H groups in total. The Hall–Kier alpha value is -3.04. The number of fused-ring (bicyclic) bond motifs is 6. The zero-order chi connectivity index (χ0) is 23.1. The molecule has 1 unspecified atom stereocenters. The van der Waals surface area contributed by atoms with E-state index in [2.05, 4.69) is 0 Å². The first-order chi connectivity index (χ1) is 15.8. The maximum atomic E-state index is 13.4. The second-order valence-electron chi connectivity index (χ2n) is 7.89. The number of carbonyl (C=O) groups is 1. The van der Waals surface area contributed by atoms with Gasteiger partial charge < -0.3 is 18.8 Å². The van der Waals surface area contributed by atoms with E-state index in [4.69, 9.17) is 35.3 Å². The molecule has 2 atom stereocenters. The summed E-state index contributed by atoms with van der Waals surface area (Å²) in [6.45, 7) is 1.68. The summed E-state index contributed by atoms with van der Waals surface area (Å²) in [4.78, 5) is 40.2. The van der Waals surface area contributed by atoms with Crippen molar-refractivity contribution in [2.45, 2.75) is 32.1 Å². The van der Waals surface area contributed by atoms with Crippen LogP contribution in [0.3, 0.4) is 0 Å². The van der Waals surface area contributed by atoms with Gasteiger partial charge in [0, 0.05) is 27.1 Å². The molecular weight excluding hydrogens is 475 g/mol. The van der Waals surface area contributed by atoms with E-state index in [1.165, 1.54) is 4.57 Å². The highest BCUT2D eigenvalue weighted by Gasteiger charge is 2.54. The molecule has 0 spiro atoms. The number of carbonyl (C=O) groups excluding carboxylic acids is 1. The first-order valence-corrected chi connectivity index (χ1v) is 11.6. The van der Waals surface area contributed by atoms with Crippen molar-refractivity contribution in [2.24, 2.45) is 0 Å². The Morgan fingerprint density at radius 2 is 2.09 bits per heavy atom. The first kappa shape index (κ1) is 20.6. The molecule has 0 saturated carbocycles. The molecule has 3 aromatic rings. The molecule has 0 amide bonds. The van der Waals surface area contributed by atoms with Gasteiger partial charge in [0.1, 0.15) is 6.61 Å².